The van der Waals surface area contributed by atoms with Crippen LogP contribution in [0.3, 0.4) is 0 Å². The molecule has 0 N–H and O–H groups in total. The van der Waals surface area contributed by atoms with Crippen molar-refractivity contribution in [3.63, 3.8) is 0 Å². The Hall–Kier alpha value is -1.83. The zero-order valence-corrected chi connectivity index (χ0v) is 15.5. The van der Waals surface area contributed by atoms with Gasteiger partial charge < -0.3 is 0 Å². The molecule has 2 aromatic heterocycles. The molecule has 4 nitrogen and oxygen atoms in total. The summed E-state index contributed by atoms with van der Waals surface area (Å²) >= 11 is 1.72. The smallest absolute Gasteiger partial charge is 0.297 e. The summed E-state index contributed by atoms with van der Waals surface area (Å²) in [6.45, 7) is 3.95. The van der Waals surface area contributed by atoms with Gasteiger partial charge in [0, 0.05) is 32.7 Å². The Kier molecular flexibility index (Phi) is 5.02. The van der Waals surface area contributed by atoms with Crippen LogP contribution in [0.4, 0.5) is 8.78 Å². The number of thiophene rings is 1. The van der Waals surface area contributed by atoms with Crippen LogP contribution in [0.1, 0.15) is 30.9 Å². The topological polar surface area (TPSA) is 24.3 Å². The van der Waals surface area contributed by atoms with Crippen molar-refractivity contribution in [3.05, 3.63) is 52.5 Å². The molecular weight excluding hydrogens is 354 g/mol. The zero-order chi connectivity index (χ0) is 18.1. The molecule has 0 amide bonds. The van der Waals surface area contributed by atoms with Gasteiger partial charge in [-0.25, -0.2) is 4.98 Å². The third-order valence-corrected chi connectivity index (χ3v) is 5.86. The lowest BCUT2D eigenvalue weighted by molar-refractivity contribution is 0.0558. The van der Waals surface area contributed by atoms with Crippen molar-refractivity contribution in [2.75, 3.05) is 26.2 Å². The van der Waals surface area contributed by atoms with Crippen molar-refractivity contribution >= 4 is 22.4 Å². The Morgan fingerprint density at radius 1 is 1.12 bits per heavy atom. The molecule has 1 atom stereocenters. The number of alkyl halides is 2. The second-order valence-corrected chi connectivity index (χ2v) is 7.51. The Morgan fingerprint density at radius 2 is 1.88 bits per heavy atom. The molecule has 3 aromatic rings. The zero-order valence-electron chi connectivity index (χ0n) is 14.7. The molecule has 26 heavy (non-hydrogen) atoms. The highest BCUT2D eigenvalue weighted by atomic mass is 32.1. The second-order valence-electron chi connectivity index (χ2n) is 6.73. The minimum absolute atomic E-state index is 0.139. The van der Waals surface area contributed by atoms with Gasteiger partial charge in [-0.3, -0.25) is 14.4 Å². The molecule has 1 fully saturated rings. The van der Waals surface area contributed by atoms with Gasteiger partial charge >= 0.3 is 6.55 Å². The van der Waals surface area contributed by atoms with E-state index in [1.165, 1.54) is 5.56 Å². The molecule has 0 unspecified atom stereocenters. The quantitative estimate of drug-likeness (QED) is 0.661. The van der Waals surface area contributed by atoms with Gasteiger partial charge in [0.1, 0.15) is 5.82 Å². The minimum Gasteiger partial charge on any atom is -0.297 e. The maximum Gasteiger partial charge on any atom is 0.320 e. The average Bonchev–Trinajstić information content (AvgIpc) is 3.29. The number of nitrogens with zero attached hydrogens (tertiary/aromatic N) is 4. The molecule has 1 aromatic carbocycles. The van der Waals surface area contributed by atoms with Crippen LogP contribution in [-0.2, 0) is 6.54 Å². The molecule has 4 rings (SSSR count). The van der Waals surface area contributed by atoms with Gasteiger partial charge in [-0.1, -0.05) is 12.1 Å². The van der Waals surface area contributed by atoms with Crippen LogP contribution < -0.4 is 0 Å². The summed E-state index contributed by atoms with van der Waals surface area (Å²) in [6.07, 6.45) is 0. The van der Waals surface area contributed by atoms with E-state index in [2.05, 4.69) is 31.6 Å². The van der Waals surface area contributed by atoms with Crippen LogP contribution in [0.25, 0.3) is 11.0 Å². The molecule has 138 valence electrons. The average molecular weight is 376 g/mol. The third kappa shape index (κ3) is 3.39. The second kappa shape index (κ2) is 7.42. The number of benzene rings is 1. The normalized spacial score (nSPS) is 18.0. The SMILES string of the molecule is C[C@H](c1nc2ccccc2n1C(F)F)N1CCN(Cc2ccsc2)CC1. The minimum atomic E-state index is -2.58. The van der Waals surface area contributed by atoms with Crippen molar-refractivity contribution in [1.29, 1.82) is 0 Å². The van der Waals surface area contributed by atoms with E-state index in [0.29, 0.717) is 16.9 Å². The summed E-state index contributed by atoms with van der Waals surface area (Å²) in [6, 6.07) is 9.14. The molecule has 0 bridgehead atoms. The Balaban J connectivity index is 1.49. The largest absolute Gasteiger partial charge is 0.320 e. The van der Waals surface area contributed by atoms with Gasteiger partial charge in [0.2, 0.25) is 0 Å². The standard InChI is InChI=1S/C19H22F2N4S/c1-14(18-22-16-4-2-3-5-17(16)25(18)19(20)21)24-9-7-23(8-10-24)12-15-6-11-26-13-15/h2-6,11,13-14,19H,7-10,12H2,1H3/t14-/m1/s1. The molecule has 1 aliphatic rings. The van der Waals surface area contributed by atoms with Crippen molar-refractivity contribution < 1.29 is 8.78 Å². The van der Waals surface area contributed by atoms with Crippen LogP contribution in [0.2, 0.25) is 0 Å². The Labute approximate surface area is 155 Å². The fraction of sp³-hybridized carbons (Fsp3) is 0.421. The molecule has 1 aliphatic heterocycles. The number of para-hydroxylation sites is 2. The molecule has 0 saturated carbocycles. The summed E-state index contributed by atoms with van der Waals surface area (Å²) in [4.78, 5) is 9.19. The van der Waals surface area contributed by atoms with Gasteiger partial charge in [-0.05, 0) is 41.4 Å². The van der Waals surface area contributed by atoms with Gasteiger partial charge in [-0.2, -0.15) is 20.1 Å². The number of hydrogen-bond acceptors (Lipinski definition) is 4. The van der Waals surface area contributed by atoms with Crippen molar-refractivity contribution in [3.8, 4) is 0 Å². The fourth-order valence-electron chi connectivity index (χ4n) is 3.68. The van der Waals surface area contributed by atoms with E-state index in [0.717, 1.165) is 37.3 Å². The number of hydrogen-bond donors (Lipinski definition) is 0. The first-order valence-corrected chi connectivity index (χ1v) is 9.80. The monoisotopic (exact) mass is 376 g/mol. The first-order valence-electron chi connectivity index (χ1n) is 8.86. The highest BCUT2D eigenvalue weighted by Crippen LogP contribution is 2.30. The lowest BCUT2D eigenvalue weighted by Crippen LogP contribution is -2.47. The number of imidazole rings is 1. The number of halogens is 2. The molecular formula is C19H22F2N4S. The van der Waals surface area contributed by atoms with Crippen molar-refractivity contribution in [2.24, 2.45) is 0 Å². The Bertz CT molecular complexity index is 854. The Morgan fingerprint density at radius 3 is 2.58 bits per heavy atom. The van der Waals surface area contributed by atoms with Crippen LogP contribution in [-0.4, -0.2) is 45.5 Å². The summed E-state index contributed by atoms with van der Waals surface area (Å²) in [5.41, 5.74) is 2.47. The number of fused-ring (bicyclic) bond motifs is 1. The van der Waals surface area contributed by atoms with Crippen LogP contribution in [0, 0.1) is 0 Å². The van der Waals surface area contributed by atoms with Gasteiger partial charge in [0.15, 0.2) is 0 Å². The third-order valence-electron chi connectivity index (χ3n) is 5.13. The van der Waals surface area contributed by atoms with Crippen LogP contribution in [0.15, 0.2) is 41.1 Å². The molecule has 0 radical (unpaired) electrons. The van der Waals surface area contributed by atoms with E-state index >= 15 is 0 Å². The summed E-state index contributed by atoms with van der Waals surface area (Å²) in [7, 11) is 0. The highest BCUT2D eigenvalue weighted by molar-refractivity contribution is 7.07. The highest BCUT2D eigenvalue weighted by Gasteiger charge is 2.28. The molecule has 1 saturated heterocycles. The van der Waals surface area contributed by atoms with Crippen molar-refractivity contribution in [1.82, 2.24) is 19.4 Å². The lowest BCUT2D eigenvalue weighted by Gasteiger charge is -2.37. The number of piperazine rings is 1. The molecule has 3 heterocycles. The first kappa shape index (κ1) is 17.6. The predicted molar refractivity (Wildman–Crippen MR) is 101 cm³/mol. The first-order chi connectivity index (χ1) is 12.6. The van der Waals surface area contributed by atoms with E-state index in [9.17, 15) is 8.78 Å². The number of rotatable bonds is 5. The van der Waals surface area contributed by atoms with E-state index in [4.69, 9.17) is 0 Å². The van der Waals surface area contributed by atoms with E-state index in [1.54, 1.807) is 29.5 Å². The van der Waals surface area contributed by atoms with Gasteiger partial charge in [0.05, 0.1) is 17.1 Å². The fourth-order valence-corrected chi connectivity index (χ4v) is 4.34. The van der Waals surface area contributed by atoms with Crippen LogP contribution in [0.5, 0.6) is 0 Å². The molecule has 0 spiro atoms. The van der Waals surface area contributed by atoms with E-state index in [1.807, 2.05) is 13.0 Å². The summed E-state index contributed by atoms with van der Waals surface area (Å²) < 4.78 is 28.5. The summed E-state index contributed by atoms with van der Waals surface area (Å²) in [5, 5.41) is 4.28. The van der Waals surface area contributed by atoms with Gasteiger partial charge in [0.25, 0.3) is 0 Å². The lowest BCUT2D eigenvalue weighted by atomic mass is 10.2. The van der Waals surface area contributed by atoms with Gasteiger partial charge in [-0.15, -0.1) is 0 Å². The molecule has 7 heteroatoms. The van der Waals surface area contributed by atoms with E-state index < -0.39 is 6.55 Å². The maximum atomic E-state index is 13.7. The van der Waals surface area contributed by atoms with Crippen molar-refractivity contribution in [2.45, 2.75) is 26.1 Å². The number of aromatic nitrogens is 2. The van der Waals surface area contributed by atoms with Crippen LogP contribution >= 0.6 is 11.3 Å². The van der Waals surface area contributed by atoms with E-state index in [-0.39, 0.29) is 6.04 Å². The molecule has 0 aliphatic carbocycles. The maximum absolute atomic E-state index is 13.7. The summed E-state index contributed by atoms with van der Waals surface area (Å²) in [5.74, 6) is 0.451. The predicted octanol–water partition coefficient (Wildman–Crippen LogP) is 4.37.